The molecule has 2 aromatic rings. The number of ether oxygens (including phenoxy) is 1. The van der Waals surface area contributed by atoms with Gasteiger partial charge in [-0.15, -0.1) is 11.3 Å². The van der Waals surface area contributed by atoms with E-state index >= 15 is 0 Å². The number of carbonyl (C=O) groups is 2. The third-order valence-corrected chi connectivity index (χ3v) is 6.67. The van der Waals surface area contributed by atoms with Crippen molar-refractivity contribution < 1.29 is 22.7 Å². The highest BCUT2D eigenvalue weighted by molar-refractivity contribution is 7.91. The van der Waals surface area contributed by atoms with Gasteiger partial charge in [0.05, 0.1) is 17.1 Å². The van der Waals surface area contributed by atoms with Gasteiger partial charge in [0.2, 0.25) is 10.0 Å². The second kappa shape index (κ2) is 9.52. The Morgan fingerprint density at radius 2 is 2.00 bits per heavy atom. The molecule has 0 aliphatic heterocycles. The van der Waals surface area contributed by atoms with Crippen LogP contribution in [0.25, 0.3) is 0 Å². The van der Waals surface area contributed by atoms with Gasteiger partial charge in [-0.3, -0.25) is 9.59 Å². The van der Waals surface area contributed by atoms with Gasteiger partial charge in [-0.1, -0.05) is 29.3 Å². The van der Waals surface area contributed by atoms with Crippen molar-refractivity contribution >= 4 is 62.1 Å². The summed E-state index contributed by atoms with van der Waals surface area (Å²) in [5, 5.41) is 4.82. The van der Waals surface area contributed by atoms with Crippen LogP contribution in [0.15, 0.2) is 39.9 Å². The molecule has 7 nitrogen and oxygen atoms in total. The van der Waals surface area contributed by atoms with E-state index in [9.17, 15) is 18.0 Å². The van der Waals surface area contributed by atoms with Gasteiger partial charge in [0.15, 0.2) is 6.10 Å². The average Bonchev–Trinajstić information content (AvgIpc) is 3.13. The predicted molar refractivity (Wildman–Crippen MR) is 105 cm³/mol. The normalized spacial score (nSPS) is 12.4. The second-order valence-corrected chi connectivity index (χ2v) is 9.11. The Hall–Kier alpha value is -1.65. The van der Waals surface area contributed by atoms with Crippen LogP contribution in [0.1, 0.15) is 13.3 Å². The van der Waals surface area contributed by atoms with Crippen molar-refractivity contribution in [2.24, 2.45) is 0 Å². The number of sulfonamides is 1. The molecule has 0 aliphatic carbocycles. The fourth-order valence-corrected chi connectivity index (χ4v) is 4.32. The van der Waals surface area contributed by atoms with Gasteiger partial charge in [0.25, 0.3) is 5.91 Å². The van der Waals surface area contributed by atoms with E-state index in [-0.39, 0.29) is 22.2 Å². The summed E-state index contributed by atoms with van der Waals surface area (Å²) >= 11 is 12.9. The van der Waals surface area contributed by atoms with Crippen molar-refractivity contribution in [3.05, 3.63) is 45.8 Å². The van der Waals surface area contributed by atoms with Crippen LogP contribution < -0.4 is 10.0 Å². The van der Waals surface area contributed by atoms with Crippen LogP contribution in [0.5, 0.6) is 0 Å². The quantitative estimate of drug-likeness (QED) is 0.600. The first-order valence-electron chi connectivity index (χ1n) is 7.67. The monoisotopic (exact) mass is 450 g/mol. The maximum atomic E-state index is 12.1. The molecule has 0 fully saturated rings. The van der Waals surface area contributed by atoms with E-state index < -0.39 is 28.0 Å². The Labute approximate surface area is 170 Å². The summed E-state index contributed by atoms with van der Waals surface area (Å²) in [7, 11) is -3.65. The standard InChI is InChI=1S/C16H16Cl2N2O5S2/c1-10(16(22)20-13-9-11(17)4-5-12(13)18)25-14(21)6-7-19-27(23,24)15-3-2-8-26-15/h2-5,8-10,19H,6-7H2,1H3,(H,20,22). The zero-order valence-corrected chi connectivity index (χ0v) is 17.2. The van der Waals surface area contributed by atoms with Crippen molar-refractivity contribution in [1.29, 1.82) is 0 Å². The topological polar surface area (TPSA) is 102 Å². The minimum absolute atomic E-state index is 0.145. The molecule has 1 amide bonds. The van der Waals surface area contributed by atoms with Crippen LogP contribution in [0.4, 0.5) is 5.69 Å². The lowest BCUT2D eigenvalue weighted by atomic mass is 10.3. The molecule has 0 saturated heterocycles. The Bertz CT molecular complexity index is 917. The zero-order chi connectivity index (χ0) is 20.0. The summed E-state index contributed by atoms with van der Waals surface area (Å²) in [6, 6.07) is 7.63. The molecule has 0 bridgehead atoms. The van der Waals surface area contributed by atoms with Gasteiger partial charge in [-0.25, -0.2) is 13.1 Å². The van der Waals surface area contributed by atoms with E-state index in [2.05, 4.69) is 10.0 Å². The third kappa shape index (κ3) is 6.47. The summed E-state index contributed by atoms with van der Waals surface area (Å²) in [5.41, 5.74) is 0.292. The van der Waals surface area contributed by atoms with Crippen molar-refractivity contribution in [1.82, 2.24) is 4.72 Å². The molecule has 27 heavy (non-hydrogen) atoms. The molecule has 1 heterocycles. The number of rotatable bonds is 8. The van der Waals surface area contributed by atoms with E-state index in [1.807, 2.05) is 0 Å². The van der Waals surface area contributed by atoms with Gasteiger partial charge < -0.3 is 10.1 Å². The number of hydrogen-bond donors (Lipinski definition) is 2. The molecule has 0 aliphatic rings. The summed E-state index contributed by atoms with van der Waals surface area (Å²) < 4.78 is 31.3. The van der Waals surface area contributed by atoms with Crippen molar-refractivity contribution in [2.45, 2.75) is 23.7 Å². The maximum Gasteiger partial charge on any atom is 0.307 e. The average molecular weight is 451 g/mol. The zero-order valence-electron chi connectivity index (χ0n) is 14.1. The van der Waals surface area contributed by atoms with Crippen molar-refractivity contribution in [2.75, 3.05) is 11.9 Å². The Morgan fingerprint density at radius 1 is 1.26 bits per heavy atom. The van der Waals surface area contributed by atoms with Gasteiger partial charge >= 0.3 is 5.97 Å². The van der Waals surface area contributed by atoms with Crippen molar-refractivity contribution in [3.63, 3.8) is 0 Å². The number of anilines is 1. The van der Waals surface area contributed by atoms with Gasteiger partial charge in [-0.05, 0) is 36.6 Å². The number of nitrogens with one attached hydrogen (secondary N) is 2. The fourth-order valence-electron chi connectivity index (χ4n) is 1.91. The van der Waals surface area contributed by atoms with Gasteiger partial charge in [-0.2, -0.15) is 0 Å². The van der Waals surface area contributed by atoms with Crippen LogP contribution >= 0.6 is 34.5 Å². The smallest absolute Gasteiger partial charge is 0.307 e. The first-order chi connectivity index (χ1) is 12.7. The van der Waals surface area contributed by atoms with Gasteiger partial charge in [0.1, 0.15) is 4.21 Å². The van der Waals surface area contributed by atoms with Crippen LogP contribution in [0, 0.1) is 0 Å². The predicted octanol–water partition coefficient (Wildman–Crippen LogP) is 3.29. The Morgan fingerprint density at radius 3 is 2.67 bits per heavy atom. The first kappa shape index (κ1) is 21.6. The molecule has 0 radical (unpaired) electrons. The molecule has 2 N–H and O–H groups in total. The molecule has 146 valence electrons. The summed E-state index contributed by atoms with van der Waals surface area (Å²) in [6.07, 6.45) is -1.32. The largest absolute Gasteiger partial charge is 0.452 e. The molecular formula is C16H16Cl2N2O5S2. The number of carbonyl (C=O) groups excluding carboxylic acids is 2. The van der Waals surface area contributed by atoms with E-state index in [0.717, 1.165) is 11.3 Å². The molecule has 0 saturated carbocycles. The van der Waals surface area contributed by atoms with Crippen LogP contribution in [0.2, 0.25) is 10.0 Å². The number of amides is 1. The molecule has 11 heteroatoms. The van der Waals surface area contributed by atoms with E-state index in [0.29, 0.717) is 10.7 Å². The van der Waals surface area contributed by atoms with Crippen LogP contribution in [-0.2, 0) is 24.3 Å². The summed E-state index contributed by atoms with van der Waals surface area (Å²) in [4.78, 5) is 23.9. The SMILES string of the molecule is CC(OC(=O)CCNS(=O)(=O)c1cccs1)C(=O)Nc1cc(Cl)ccc1Cl. The minimum atomic E-state index is -3.65. The molecule has 2 rings (SSSR count). The number of hydrogen-bond acceptors (Lipinski definition) is 6. The fraction of sp³-hybridized carbons (Fsp3) is 0.250. The number of thiophene rings is 1. The highest BCUT2D eigenvalue weighted by Gasteiger charge is 2.20. The van der Waals surface area contributed by atoms with E-state index in [1.54, 1.807) is 17.5 Å². The Kier molecular flexibility index (Phi) is 7.63. The second-order valence-electron chi connectivity index (χ2n) is 5.33. The lowest BCUT2D eigenvalue weighted by Gasteiger charge is -2.14. The molecule has 1 aromatic heterocycles. The molecular weight excluding hydrogens is 435 g/mol. The third-order valence-electron chi connectivity index (χ3n) is 3.24. The van der Waals surface area contributed by atoms with Crippen LogP contribution in [-0.4, -0.2) is 32.9 Å². The first-order valence-corrected chi connectivity index (χ1v) is 10.8. The lowest BCUT2D eigenvalue weighted by Crippen LogP contribution is -2.32. The van der Waals surface area contributed by atoms with E-state index in [4.69, 9.17) is 27.9 Å². The minimum Gasteiger partial charge on any atom is -0.452 e. The number of benzene rings is 1. The number of esters is 1. The molecule has 0 spiro atoms. The number of halogens is 2. The maximum absolute atomic E-state index is 12.1. The molecule has 1 aromatic carbocycles. The van der Waals surface area contributed by atoms with Crippen molar-refractivity contribution in [3.8, 4) is 0 Å². The highest BCUT2D eigenvalue weighted by atomic mass is 35.5. The van der Waals surface area contributed by atoms with E-state index in [1.165, 1.54) is 25.1 Å². The summed E-state index contributed by atoms with van der Waals surface area (Å²) in [6.45, 7) is 1.25. The van der Waals surface area contributed by atoms with Gasteiger partial charge in [0, 0.05) is 11.6 Å². The summed E-state index contributed by atoms with van der Waals surface area (Å²) in [5.74, 6) is -1.31. The lowest BCUT2D eigenvalue weighted by molar-refractivity contribution is -0.152. The Balaban J connectivity index is 1.81. The molecule has 1 atom stereocenters. The van der Waals surface area contributed by atoms with Crippen LogP contribution in [0.3, 0.4) is 0 Å². The highest BCUT2D eigenvalue weighted by Crippen LogP contribution is 2.25. The molecule has 1 unspecified atom stereocenters.